The molecule has 0 saturated heterocycles. The number of hydrogen-bond donors (Lipinski definition) is 3. The molecular formula is C17H19BrN2O3. The molecule has 2 aromatic rings. The zero-order valence-corrected chi connectivity index (χ0v) is 14.6. The van der Waals surface area contributed by atoms with E-state index in [0.29, 0.717) is 0 Å². The van der Waals surface area contributed by atoms with E-state index in [1.165, 1.54) is 0 Å². The van der Waals surface area contributed by atoms with Gasteiger partial charge in [-0.15, -0.1) is 0 Å². The highest BCUT2D eigenvalue weighted by molar-refractivity contribution is 9.10. The van der Waals surface area contributed by atoms with E-state index in [1.807, 2.05) is 32.0 Å². The van der Waals surface area contributed by atoms with Crippen molar-refractivity contribution in [3.63, 3.8) is 0 Å². The first-order valence-electron chi connectivity index (χ1n) is 7.56. The minimum Gasteiger partial charge on any atom is -0.480 e. The molecule has 122 valence electrons. The van der Waals surface area contributed by atoms with Crippen molar-refractivity contribution >= 4 is 38.7 Å². The molecule has 0 spiro atoms. The molecule has 1 amide bonds. The third kappa shape index (κ3) is 3.27. The van der Waals surface area contributed by atoms with E-state index in [9.17, 15) is 14.7 Å². The Kier molecular flexibility index (Phi) is 3.96. The van der Waals surface area contributed by atoms with Crippen LogP contribution in [0, 0.1) is 11.3 Å². The molecule has 1 heterocycles. The lowest BCUT2D eigenvalue weighted by molar-refractivity contribution is -0.142. The van der Waals surface area contributed by atoms with Crippen molar-refractivity contribution in [2.75, 3.05) is 0 Å². The number of carboxylic acids is 1. The lowest BCUT2D eigenvalue weighted by Crippen LogP contribution is -2.43. The molecule has 1 fully saturated rings. The first-order valence-corrected chi connectivity index (χ1v) is 8.36. The minimum absolute atomic E-state index is 0.0151. The second kappa shape index (κ2) is 5.67. The molecule has 1 aliphatic carbocycles. The van der Waals surface area contributed by atoms with E-state index in [2.05, 4.69) is 26.2 Å². The van der Waals surface area contributed by atoms with Gasteiger partial charge in [-0.05, 0) is 35.6 Å². The van der Waals surface area contributed by atoms with E-state index >= 15 is 0 Å². The van der Waals surface area contributed by atoms with Gasteiger partial charge in [-0.3, -0.25) is 4.79 Å². The molecule has 0 bridgehead atoms. The molecule has 2 atom stereocenters. The molecule has 0 aliphatic heterocycles. The standard InChI is InChI=1S/C17H19BrN2O3/c1-17(2)7-12(17)15(21)20-14(16(22)23)5-9-8-19-13-4-3-10(18)6-11(9)13/h3-4,6,8,12,14,19H,5,7H2,1-2H3,(H,20,21)(H,22,23)/t12-,14?/m1/s1. The Morgan fingerprint density at radius 2 is 2.17 bits per heavy atom. The van der Waals surface area contributed by atoms with Crippen molar-refractivity contribution in [3.05, 3.63) is 34.4 Å². The fourth-order valence-corrected chi connectivity index (χ4v) is 3.29. The average molecular weight is 379 g/mol. The summed E-state index contributed by atoms with van der Waals surface area (Å²) < 4.78 is 0.932. The van der Waals surface area contributed by atoms with Crippen molar-refractivity contribution < 1.29 is 14.7 Å². The number of H-pyrrole nitrogens is 1. The maximum absolute atomic E-state index is 12.2. The number of carboxylic acid groups (broad SMARTS) is 1. The van der Waals surface area contributed by atoms with E-state index in [4.69, 9.17) is 0 Å². The predicted octanol–water partition coefficient (Wildman–Crippen LogP) is 3.09. The highest BCUT2D eigenvalue weighted by Gasteiger charge is 2.51. The van der Waals surface area contributed by atoms with Gasteiger partial charge in [0.1, 0.15) is 6.04 Å². The number of carbonyl (C=O) groups excluding carboxylic acids is 1. The average Bonchev–Trinajstić information content (AvgIpc) is 2.94. The van der Waals surface area contributed by atoms with Crippen LogP contribution in [-0.4, -0.2) is 28.0 Å². The number of nitrogens with one attached hydrogen (secondary N) is 2. The van der Waals surface area contributed by atoms with Gasteiger partial charge in [-0.1, -0.05) is 29.8 Å². The monoisotopic (exact) mass is 378 g/mol. The van der Waals surface area contributed by atoms with Gasteiger partial charge in [0.2, 0.25) is 5.91 Å². The maximum Gasteiger partial charge on any atom is 0.326 e. The molecule has 3 rings (SSSR count). The summed E-state index contributed by atoms with van der Waals surface area (Å²) in [5.41, 5.74) is 1.81. The highest BCUT2D eigenvalue weighted by atomic mass is 79.9. The van der Waals surface area contributed by atoms with Gasteiger partial charge in [0.15, 0.2) is 0 Å². The summed E-state index contributed by atoms with van der Waals surface area (Å²) in [6, 6.07) is 4.89. The Bertz CT molecular complexity index is 781. The summed E-state index contributed by atoms with van der Waals surface area (Å²) in [6.45, 7) is 4.04. The molecule has 1 saturated carbocycles. The molecular weight excluding hydrogens is 360 g/mol. The van der Waals surface area contributed by atoms with Gasteiger partial charge in [0, 0.05) is 33.9 Å². The number of halogens is 1. The number of benzene rings is 1. The van der Waals surface area contributed by atoms with Crippen LogP contribution in [0.1, 0.15) is 25.8 Å². The quantitative estimate of drug-likeness (QED) is 0.747. The van der Waals surface area contributed by atoms with Crippen molar-refractivity contribution in [2.45, 2.75) is 32.7 Å². The van der Waals surface area contributed by atoms with E-state index in [-0.39, 0.29) is 23.7 Å². The molecule has 1 aliphatic rings. The van der Waals surface area contributed by atoms with Crippen LogP contribution < -0.4 is 5.32 Å². The van der Waals surface area contributed by atoms with Gasteiger partial charge in [0.05, 0.1) is 0 Å². The Hall–Kier alpha value is -1.82. The fourth-order valence-electron chi connectivity index (χ4n) is 2.93. The Labute approximate surface area is 142 Å². The molecule has 1 aromatic heterocycles. The van der Waals surface area contributed by atoms with Gasteiger partial charge in [-0.2, -0.15) is 0 Å². The number of hydrogen-bond acceptors (Lipinski definition) is 2. The fraction of sp³-hybridized carbons (Fsp3) is 0.412. The lowest BCUT2D eigenvalue weighted by atomic mass is 10.0. The number of aromatic nitrogens is 1. The summed E-state index contributed by atoms with van der Waals surface area (Å²) in [6.07, 6.45) is 2.87. The molecule has 5 nitrogen and oxygen atoms in total. The molecule has 0 radical (unpaired) electrons. The smallest absolute Gasteiger partial charge is 0.326 e. The molecule has 1 aromatic carbocycles. The number of fused-ring (bicyclic) bond motifs is 1. The van der Waals surface area contributed by atoms with Crippen LogP contribution in [0.15, 0.2) is 28.9 Å². The van der Waals surface area contributed by atoms with Crippen LogP contribution in [0.5, 0.6) is 0 Å². The number of rotatable bonds is 5. The van der Waals surface area contributed by atoms with E-state index in [1.54, 1.807) is 6.20 Å². The summed E-state index contributed by atoms with van der Waals surface area (Å²) >= 11 is 3.43. The van der Waals surface area contributed by atoms with E-state index < -0.39 is 12.0 Å². The number of amides is 1. The predicted molar refractivity (Wildman–Crippen MR) is 91.2 cm³/mol. The third-order valence-corrected chi connectivity index (χ3v) is 5.09. The number of aromatic amines is 1. The SMILES string of the molecule is CC1(C)C[C@@H]1C(=O)NC(Cc1c[nH]c2ccc(Br)cc12)C(=O)O. The highest BCUT2D eigenvalue weighted by Crippen LogP contribution is 2.51. The summed E-state index contributed by atoms with van der Waals surface area (Å²) in [7, 11) is 0. The van der Waals surface area contributed by atoms with Gasteiger partial charge >= 0.3 is 5.97 Å². The lowest BCUT2D eigenvalue weighted by Gasteiger charge is -2.15. The molecule has 23 heavy (non-hydrogen) atoms. The topological polar surface area (TPSA) is 82.2 Å². The van der Waals surface area contributed by atoms with Gasteiger partial charge in [-0.25, -0.2) is 4.79 Å². The summed E-state index contributed by atoms with van der Waals surface area (Å²) in [4.78, 5) is 26.9. The molecule has 1 unspecified atom stereocenters. The minimum atomic E-state index is -1.01. The van der Waals surface area contributed by atoms with Crippen LogP contribution >= 0.6 is 15.9 Å². The second-order valence-corrected chi connectivity index (χ2v) is 7.77. The second-order valence-electron chi connectivity index (χ2n) is 6.85. The molecule has 3 N–H and O–H groups in total. The van der Waals surface area contributed by atoms with Gasteiger partial charge in [0.25, 0.3) is 0 Å². The van der Waals surface area contributed by atoms with Crippen LogP contribution in [0.25, 0.3) is 10.9 Å². The zero-order valence-electron chi connectivity index (χ0n) is 13.0. The summed E-state index contributed by atoms with van der Waals surface area (Å²) in [5.74, 6) is -1.26. The zero-order chi connectivity index (χ0) is 16.8. The van der Waals surface area contributed by atoms with E-state index in [0.717, 1.165) is 27.4 Å². The van der Waals surface area contributed by atoms with Crippen molar-refractivity contribution in [3.8, 4) is 0 Å². The van der Waals surface area contributed by atoms with Crippen LogP contribution in [-0.2, 0) is 16.0 Å². The van der Waals surface area contributed by atoms with Crippen LogP contribution in [0.4, 0.5) is 0 Å². The third-order valence-electron chi connectivity index (χ3n) is 4.60. The first-order chi connectivity index (χ1) is 10.8. The van der Waals surface area contributed by atoms with Crippen molar-refractivity contribution in [1.82, 2.24) is 10.3 Å². The van der Waals surface area contributed by atoms with Crippen LogP contribution in [0.2, 0.25) is 0 Å². The van der Waals surface area contributed by atoms with Crippen LogP contribution in [0.3, 0.4) is 0 Å². The Morgan fingerprint density at radius 3 is 2.78 bits per heavy atom. The number of carbonyl (C=O) groups is 2. The maximum atomic E-state index is 12.2. The van der Waals surface area contributed by atoms with Crippen molar-refractivity contribution in [2.24, 2.45) is 11.3 Å². The van der Waals surface area contributed by atoms with Crippen molar-refractivity contribution in [1.29, 1.82) is 0 Å². The Balaban J connectivity index is 1.78. The largest absolute Gasteiger partial charge is 0.480 e. The molecule has 6 heteroatoms. The normalized spacial score (nSPS) is 20.2. The first kappa shape index (κ1) is 16.1. The van der Waals surface area contributed by atoms with Gasteiger partial charge < -0.3 is 15.4 Å². The Morgan fingerprint density at radius 1 is 1.48 bits per heavy atom. The summed E-state index contributed by atoms with van der Waals surface area (Å²) in [5, 5.41) is 13.1. The number of aliphatic carboxylic acids is 1.